The third-order valence-electron chi connectivity index (χ3n) is 3.22. The normalized spacial score (nSPS) is 10.8. The maximum absolute atomic E-state index is 5.48. The van der Waals surface area contributed by atoms with Crippen LogP contribution in [0.3, 0.4) is 0 Å². The zero-order valence-corrected chi connectivity index (χ0v) is 12.5. The molecule has 21 heavy (non-hydrogen) atoms. The number of hydrogen-bond donors (Lipinski definition) is 1. The highest BCUT2D eigenvalue weighted by Crippen LogP contribution is 2.22. The highest BCUT2D eigenvalue weighted by atomic mass is 16.5. The van der Waals surface area contributed by atoms with E-state index in [1.165, 1.54) is 0 Å². The summed E-state index contributed by atoms with van der Waals surface area (Å²) in [5.74, 6) is 2.14. The van der Waals surface area contributed by atoms with Crippen LogP contribution in [0.5, 0.6) is 5.75 Å². The van der Waals surface area contributed by atoms with Crippen molar-refractivity contribution < 1.29 is 9.26 Å². The average molecular weight is 289 g/mol. The summed E-state index contributed by atoms with van der Waals surface area (Å²) in [6.45, 7) is 3.37. The summed E-state index contributed by atoms with van der Waals surface area (Å²) in [6.07, 6.45) is 5.27. The number of nitrogens with two attached hydrogens (primary N) is 1. The van der Waals surface area contributed by atoms with Crippen molar-refractivity contribution in [2.75, 3.05) is 13.2 Å². The van der Waals surface area contributed by atoms with Crippen molar-refractivity contribution in [3.63, 3.8) is 0 Å². The van der Waals surface area contributed by atoms with Gasteiger partial charge in [0.2, 0.25) is 11.7 Å². The van der Waals surface area contributed by atoms with Crippen molar-refractivity contribution in [2.45, 2.75) is 39.0 Å². The Morgan fingerprint density at radius 3 is 2.86 bits per heavy atom. The van der Waals surface area contributed by atoms with Gasteiger partial charge in [-0.3, -0.25) is 0 Å². The molecule has 0 saturated heterocycles. The molecule has 0 amide bonds. The summed E-state index contributed by atoms with van der Waals surface area (Å²) in [5, 5.41) is 4.04. The van der Waals surface area contributed by atoms with E-state index < -0.39 is 0 Å². The van der Waals surface area contributed by atoms with Crippen LogP contribution in [0, 0.1) is 0 Å². The largest absolute Gasteiger partial charge is 0.494 e. The molecule has 114 valence electrons. The van der Waals surface area contributed by atoms with Gasteiger partial charge in [0, 0.05) is 12.0 Å². The summed E-state index contributed by atoms with van der Waals surface area (Å²) in [7, 11) is 0. The van der Waals surface area contributed by atoms with Crippen LogP contribution >= 0.6 is 0 Å². The molecule has 0 aliphatic rings. The first-order valence-electron chi connectivity index (χ1n) is 7.59. The molecular formula is C16H23N3O2. The summed E-state index contributed by atoms with van der Waals surface area (Å²) in [5.41, 5.74) is 6.39. The first kappa shape index (κ1) is 15.5. The van der Waals surface area contributed by atoms with Gasteiger partial charge in [0.25, 0.3) is 0 Å². The van der Waals surface area contributed by atoms with Crippen LogP contribution in [0.2, 0.25) is 0 Å². The zero-order valence-electron chi connectivity index (χ0n) is 12.5. The van der Waals surface area contributed by atoms with Gasteiger partial charge >= 0.3 is 0 Å². The van der Waals surface area contributed by atoms with E-state index in [0.717, 1.165) is 50.0 Å². The lowest BCUT2D eigenvalue weighted by Gasteiger charge is -2.02. The van der Waals surface area contributed by atoms with Crippen molar-refractivity contribution >= 4 is 0 Å². The molecule has 0 aliphatic heterocycles. The SMILES string of the molecule is CCOc1cccc(-c2noc(CCCCCCN)n2)c1. The second kappa shape index (κ2) is 8.42. The maximum atomic E-state index is 5.48. The Morgan fingerprint density at radius 2 is 2.05 bits per heavy atom. The zero-order chi connectivity index (χ0) is 14.9. The molecule has 1 aromatic carbocycles. The molecule has 0 radical (unpaired) electrons. The van der Waals surface area contributed by atoms with Gasteiger partial charge in [-0.1, -0.05) is 30.1 Å². The molecule has 2 aromatic rings. The smallest absolute Gasteiger partial charge is 0.226 e. The Kier molecular flexibility index (Phi) is 6.22. The molecule has 0 saturated carbocycles. The minimum atomic E-state index is 0.619. The highest BCUT2D eigenvalue weighted by Gasteiger charge is 2.09. The van der Waals surface area contributed by atoms with Gasteiger partial charge in [0.1, 0.15) is 5.75 Å². The van der Waals surface area contributed by atoms with Crippen molar-refractivity contribution in [1.29, 1.82) is 0 Å². The molecule has 0 aliphatic carbocycles. The van der Waals surface area contributed by atoms with E-state index in [9.17, 15) is 0 Å². The van der Waals surface area contributed by atoms with E-state index in [2.05, 4.69) is 10.1 Å². The molecule has 5 nitrogen and oxygen atoms in total. The lowest BCUT2D eigenvalue weighted by atomic mass is 10.1. The first-order chi connectivity index (χ1) is 10.3. The van der Waals surface area contributed by atoms with Gasteiger partial charge < -0.3 is 15.0 Å². The van der Waals surface area contributed by atoms with Crippen molar-refractivity contribution in [2.24, 2.45) is 5.73 Å². The quantitative estimate of drug-likeness (QED) is 0.717. The van der Waals surface area contributed by atoms with Gasteiger partial charge in [-0.05, 0) is 38.4 Å². The van der Waals surface area contributed by atoms with Gasteiger partial charge in [-0.25, -0.2) is 0 Å². The number of benzene rings is 1. The Hall–Kier alpha value is -1.88. The number of aromatic nitrogens is 2. The molecule has 1 aromatic heterocycles. The van der Waals surface area contributed by atoms with Crippen LogP contribution in [0.4, 0.5) is 0 Å². The molecular weight excluding hydrogens is 266 g/mol. The summed E-state index contributed by atoms with van der Waals surface area (Å²) >= 11 is 0. The van der Waals surface area contributed by atoms with Crippen LogP contribution in [0.15, 0.2) is 28.8 Å². The molecule has 0 unspecified atom stereocenters. The van der Waals surface area contributed by atoms with Crippen LogP contribution < -0.4 is 10.5 Å². The molecule has 5 heteroatoms. The topological polar surface area (TPSA) is 74.2 Å². The van der Waals surface area contributed by atoms with Crippen LogP contribution in [-0.4, -0.2) is 23.3 Å². The fourth-order valence-corrected chi connectivity index (χ4v) is 2.14. The predicted octanol–water partition coefficient (Wildman–Crippen LogP) is 3.20. The lowest BCUT2D eigenvalue weighted by Crippen LogP contribution is -1.97. The van der Waals surface area contributed by atoms with Crippen molar-refractivity contribution in [3.8, 4) is 17.1 Å². The Morgan fingerprint density at radius 1 is 1.19 bits per heavy atom. The van der Waals surface area contributed by atoms with Crippen LogP contribution in [-0.2, 0) is 6.42 Å². The summed E-state index contributed by atoms with van der Waals surface area (Å²) in [4.78, 5) is 4.44. The monoisotopic (exact) mass is 289 g/mol. The third-order valence-corrected chi connectivity index (χ3v) is 3.22. The third kappa shape index (κ3) is 4.86. The Labute approximate surface area is 125 Å². The maximum Gasteiger partial charge on any atom is 0.226 e. The first-order valence-corrected chi connectivity index (χ1v) is 7.59. The highest BCUT2D eigenvalue weighted by molar-refractivity contribution is 5.56. The van der Waals surface area contributed by atoms with Crippen LogP contribution in [0.1, 0.15) is 38.5 Å². The van der Waals surface area contributed by atoms with E-state index in [4.69, 9.17) is 15.0 Å². The molecule has 2 rings (SSSR count). The number of rotatable bonds is 9. The molecule has 1 heterocycles. The Bertz CT molecular complexity index is 540. The van der Waals surface area contributed by atoms with E-state index in [1.54, 1.807) is 0 Å². The van der Waals surface area contributed by atoms with Gasteiger partial charge in [-0.2, -0.15) is 4.98 Å². The average Bonchev–Trinajstić information content (AvgIpc) is 2.97. The molecule has 0 bridgehead atoms. The number of hydrogen-bond acceptors (Lipinski definition) is 5. The van der Waals surface area contributed by atoms with Crippen molar-refractivity contribution in [1.82, 2.24) is 10.1 Å². The fourth-order valence-electron chi connectivity index (χ4n) is 2.14. The molecule has 0 fully saturated rings. The second-order valence-corrected chi connectivity index (χ2v) is 4.93. The number of ether oxygens (including phenoxy) is 1. The molecule has 0 spiro atoms. The van der Waals surface area contributed by atoms with E-state index in [0.29, 0.717) is 18.3 Å². The Balaban J connectivity index is 1.91. The predicted molar refractivity (Wildman–Crippen MR) is 82.1 cm³/mol. The van der Waals surface area contributed by atoms with Crippen LogP contribution in [0.25, 0.3) is 11.4 Å². The standard InChI is InChI=1S/C16H23N3O2/c1-2-20-14-9-7-8-13(12-14)16-18-15(21-19-16)10-5-3-4-6-11-17/h7-9,12H,2-6,10-11,17H2,1H3. The lowest BCUT2D eigenvalue weighted by molar-refractivity contribution is 0.340. The summed E-state index contributed by atoms with van der Waals surface area (Å²) < 4.78 is 10.8. The molecule has 2 N–H and O–H groups in total. The number of unbranched alkanes of at least 4 members (excludes halogenated alkanes) is 3. The van der Waals surface area contributed by atoms with E-state index in [1.807, 2.05) is 31.2 Å². The second-order valence-electron chi connectivity index (χ2n) is 4.93. The van der Waals surface area contributed by atoms with Gasteiger partial charge in [-0.15, -0.1) is 0 Å². The summed E-state index contributed by atoms with van der Waals surface area (Å²) in [6, 6.07) is 7.74. The van der Waals surface area contributed by atoms with E-state index in [-0.39, 0.29) is 0 Å². The van der Waals surface area contributed by atoms with Gasteiger partial charge in [0.15, 0.2) is 0 Å². The van der Waals surface area contributed by atoms with Gasteiger partial charge in [0.05, 0.1) is 6.61 Å². The van der Waals surface area contributed by atoms with Crippen molar-refractivity contribution in [3.05, 3.63) is 30.2 Å². The minimum absolute atomic E-state index is 0.619. The molecule has 0 atom stereocenters. The fraction of sp³-hybridized carbons (Fsp3) is 0.500. The minimum Gasteiger partial charge on any atom is -0.494 e. The number of nitrogens with zero attached hydrogens (tertiary/aromatic N) is 2. The van der Waals surface area contributed by atoms with E-state index >= 15 is 0 Å². The number of aryl methyl sites for hydroxylation is 1.